The Morgan fingerprint density at radius 1 is 1.20 bits per heavy atom. The second-order valence-corrected chi connectivity index (χ2v) is 5.40. The van der Waals surface area contributed by atoms with Gasteiger partial charge in [0.05, 0.1) is 6.04 Å². The van der Waals surface area contributed by atoms with Crippen molar-refractivity contribution in [2.75, 3.05) is 6.54 Å². The summed E-state index contributed by atoms with van der Waals surface area (Å²) < 4.78 is 0. The molecule has 0 bridgehead atoms. The van der Waals surface area contributed by atoms with Crippen LogP contribution in [-0.2, 0) is 6.42 Å². The Morgan fingerprint density at radius 3 is 2.65 bits per heavy atom. The first kappa shape index (κ1) is 15.2. The highest BCUT2D eigenvalue weighted by Gasteiger charge is 2.16. The van der Waals surface area contributed by atoms with Crippen LogP contribution in [0.25, 0.3) is 0 Å². The van der Waals surface area contributed by atoms with Crippen molar-refractivity contribution in [2.45, 2.75) is 25.8 Å². The second kappa shape index (κ2) is 7.58. The first-order chi connectivity index (χ1) is 9.70. The quantitative estimate of drug-likeness (QED) is 0.874. The number of aromatic nitrogens is 2. The monoisotopic (exact) mass is 309 g/mol. The molecule has 0 fully saturated rings. The molecule has 0 saturated heterocycles. The summed E-state index contributed by atoms with van der Waals surface area (Å²) in [6.07, 6.45) is 5.26. The lowest BCUT2D eigenvalue weighted by Gasteiger charge is -2.18. The number of nitrogens with zero attached hydrogens (tertiary/aromatic N) is 2. The zero-order valence-corrected chi connectivity index (χ0v) is 12.8. The normalized spacial score (nSPS) is 12.3. The molecule has 5 heteroatoms. The van der Waals surface area contributed by atoms with Crippen LogP contribution < -0.4 is 5.32 Å². The molecular weight excluding hydrogens is 293 g/mol. The van der Waals surface area contributed by atoms with Crippen molar-refractivity contribution in [1.29, 1.82) is 0 Å². The summed E-state index contributed by atoms with van der Waals surface area (Å²) in [6.45, 7) is 3.03. The van der Waals surface area contributed by atoms with Gasteiger partial charge in [0.2, 0.25) is 0 Å². The SMILES string of the molecule is CCCNC(Cc1cc(Cl)ccc1Cl)c1ncccn1. The van der Waals surface area contributed by atoms with Crippen LogP contribution in [0, 0.1) is 0 Å². The third-order valence-electron chi connectivity index (χ3n) is 2.97. The maximum absolute atomic E-state index is 6.23. The lowest BCUT2D eigenvalue weighted by Crippen LogP contribution is -2.26. The minimum atomic E-state index is 0.0344. The third-order valence-corrected chi connectivity index (χ3v) is 3.57. The average Bonchev–Trinajstić information content (AvgIpc) is 2.48. The molecule has 0 aliphatic carbocycles. The number of rotatable bonds is 6. The van der Waals surface area contributed by atoms with E-state index in [1.807, 2.05) is 18.2 Å². The van der Waals surface area contributed by atoms with Gasteiger partial charge in [-0.2, -0.15) is 0 Å². The van der Waals surface area contributed by atoms with Crippen molar-refractivity contribution >= 4 is 23.2 Å². The van der Waals surface area contributed by atoms with Gasteiger partial charge in [0, 0.05) is 22.4 Å². The number of halogens is 2. The molecule has 2 rings (SSSR count). The van der Waals surface area contributed by atoms with Crippen molar-refractivity contribution in [3.63, 3.8) is 0 Å². The molecule has 0 amide bonds. The summed E-state index contributed by atoms with van der Waals surface area (Å²) in [4.78, 5) is 8.66. The topological polar surface area (TPSA) is 37.8 Å². The Balaban J connectivity index is 2.21. The Bertz CT molecular complexity index is 546. The Kier molecular flexibility index (Phi) is 5.77. The minimum absolute atomic E-state index is 0.0344. The average molecular weight is 310 g/mol. The highest BCUT2D eigenvalue weighted by Crippen LogP contribution is 2.25. The Labute approximate surface area is 129 Å². The van der Waals surface area contributed by atoms with Crippen molar-refractivity contribution in [2.24, 2.45) is 0 Å². The van der Waals surface area contributed by atoms with Crippen LogP contribution in [0.1, 0.15) is 30.8 Å². The van der Waals surface area contributed by atoms with Crippen LogP contribution in [-0.4, -0.2) is 16.5 Å². The molecule has 1 N–H and O–H groups in total. The molecule has 20 heavy (non-hydrogen) atoms. The van der Waals surface area contributed by atoms with Crippen LogP contribution in [0.3, 0.4) is 0 Å². The van der Waals surface area contributed by atoms with E-state index in [0.29, 0.717) is 16.5 Å². The fourth-order valence-corrected chi connectivity index (χ4v) is 2.37. The van der Waals surface area contributed by atoms with Gasteiger partial charge >= 0.3 is 0 Å². The second-order valence-electron chi connectivity index (χ2n) is 4.55. The largest absolute Gasteiger partial charge is 0.307 e. The van der Waals surface area contributed by atoms with Gasteiger partial charge in [0.1, 0.15) is 5.82 Å². The smallest absolute Gasteiger partial charge is 0.145 e. The summed E-state index contributed by atoms with van der Waals surface area (Å²) >= 11 is 12.3. The molecule has 1 atom stereocenters. The predicted octanol–water partition coefficient (Wildman–Crippen LogP) is 4.07. The first-order valence-electron chi connectivity index (χ1n) is 6.65. The summed E-state index contributed by atoms with van der Waals surface area (Å²) in [5.74, 6) is 0.775. The summed E-state index contributed by atoms with van der Waals surface area (Å²) in [5.41, 5.74) is 1.00. The molecule has 2 aromatic rings. The molecule has 1 aromatic heterocycles. The summed E-state index contributed by atoms with van der Waals surface area (Å²) in [6, 6.07) is 7.36. The maximum Gasteiger partial charge on any atom is 0.145 e. The zero-order valence-electron chi connectivity index (χ0n) is 11.3. The zero-order chi connectivity index (χ0) is 14.4. The number of benzene rings is 1. The highest BCUT2D eigenvalue weighted by atomic mass is 35.5. The van der Waals surface area contributed by atoms with Crippen molar-refractivity contribution in [3.05, 3.63) is 58.1 Å². The molecule has 3 nitrogen and oxygen atoms in total. The van der Waals surface area contributed by atoms with Crippen molar-refractivity contribution in [1.82, 2.24) is 15.3 Å². The van der Waals surface area contributed by atoms with Gasteiger partial charge in [-0.05, 0) is 49.2 Å². The lowest BCUT2D eigenvalue weighted by atomic mass is 10.0. The van der Waals surface area contributed by atoms with E-state index in [2.05, 4.69) is 22.2 Å². The summed E-state index contributed by atoms with van der Waals surface area (Å²) in [7, 11) is 0. The molecular formula is C15H17Cl2N3. The van der Waals surface area contributed by atoms with Crippen LogP contribution in [0.5, 0.6) is 0 Å². The lowest BCUT2D eigenvalue weighted by molar-refractivity contribution is 0.504. The van der Waals surface area contributed by atoms with Crippen LogP contribution in [0.4, 0.5) is 0 Å². The van der Waals surface area contributed by atoms with Gasteiger partial charge in [-0.1, -0.05) is 30.1 Å². The molecule has 0 saturated carbocycles. The fourth-order valence-electron chi connectivity index (χ4n) is 1.98. The van der Waals surface area contributed by atoms with Gasteiger partial charge in [-0.15, -0.1) is 0 Å². The third kappa shape index (κ3) is 4.17. The van der Waals surface area contributed by atoms with Gasteiger partial charge in [-0.3, -0.25) is 0 Å². The number of hydrogen-bond donors (Lipinski definition) is 1. The van der Waals surface area contributed by atoms with E-state index in [-0.39, 0.29) is 6.04 Å². The Hall–Kier alpha value is -1.16. The van der Waals surface area contributed by atoms with Gasteiger partial charge < -0.3 is 5.32 Å². The summed E-state index contributed by atoms with van der Waals surface area (Å²) in [5, 5.41) is 4.86. The van der Waals surface area contributed by atoms with E-state index in [0.717, 1.165) is 24.4 Å². The predicted molar refractivity (Wildman–Crippen MR) is 83.2 cm³/mol. The van der Waals surface area contributed by atoms with Crippen LogP contribution >= 0.6 is 23.2 Å². The Morgan fingerprint density at radius 2 is 1.95 bits per heavy atom. The first-order valence-corrected chi connectivity index (χ1v) is 7.40. The molecule has 0 spiro atoms. The van der Waals surface area contributed by atoms with Crippen molar-refractivity contribution in [3.8, 4) is 0 Å². The fraction of sp³-hybridized carbons (Fsp3) is 0.333. The van der Waals surface area contributed by atoms with Gasteiger partial charge in [0.15, 0.2) is 0 Å². The molecule has 1 unspecified atom stereocenters. The molecule has 1 aromatic carbocycles. The maximum atomic E-state index is 6.23. The van der Waals surface area contributed by atoms with E-state index in [9.17, 15) is 0 Å². The van der Waals surface area contributed by atoms with Gasteiger partial charge in [-0.25, -0.2) is 9.97 Å². The van der Waals surface area contributed by atoms with Crippen LogP contribution in [0.15, 0.2) is 36.7 Å². The van der Waals surface area contributed by atoms with E-state index in [4.69, 9.17) is 23.2 Å². The number of nitrogens with one attached hydrogen (secondary N) is 1. The van der Waals surface area contributed by atoms with E-state index in [1.165, 1.54) is 0 Å². The number of hydrogen-bond acceptors (Lipinski definition) is 3. The van der Waals surface area contributed by atoms with Crippen LogP contribution in [0.2, 0.25) is 10.0 Å². The van der Waals surface area contributed by atoms with Crippen molar-refractivity contribution < 1.29 is 0 Å². The molecule has 106 valence electrons. The van der Waals surface area contributed by atoms with Gasteiger partial charge in [0.25, 0.3) is 0 Å². The highest BCUT2D eigenvalue weighted by molar-refractivity contribution is 6.33. The minimum Gasteiger partial charge on any atom is -0.307 e. The van der Waals surface area contributed by atoms with E-state index < -0.39 is 0 Å². The molecule has 0 radical (unpaired) electrons. The standard InChI is InChI=1S/C15H17Cl2N3/c1-2-6-18-14(15-19-7-3-8-20-15)10-11-9-12(16)4-5-13(11)17/h3-5,7-9,14,18H,2,6,10H2,1H3. The van der Waals surface area contributed by atoms with E-state index >= 15 is 0 Å². The van der Waals surface area contributed by atoms with E-state index in [1.54, 1.807) is 18.5 Å². The molecule has 0 aliphatic heterocycles. The molecule has 0 aliphatic rings. The molecule has 1 heterocycles.